The van der Waals surface area contributed by atoms with Crippen LogP contribution in [0.1, 0.15) is 38.0 Å². The molecule has 1 aliphatic heterocycles. The topological polar surface area (TPSA) is 84.1 Å². The van der Waals surface area contributed by atoms with Crippen molar-refractivity contribution >= 4 is 23.2 Å². The first-order valence-corrected chi connectivity index (χ1v) is 8.18. The molecule has 2 N–H and O–H groups in total. The lowest BCUT2D eigenvalue weighted by Gasteiger charge is -2.13. The largest absolute Gasteiger partial charge is 0.465 e. The van der Waals surface area contributed by atoms with Crippen LogP contribution in [0.2, 0.25) is 0 Å². The molecule has 2 aromatic heterocycles. The molecule has 0 saturated heterocycles. The van der Waals surface area contributed by atoms with Crippen LogP contribution >= 0.6 is 11.3 Å². The van der Waals surface area contributed by atoms with E-state index in [-0.39, 0.29) is 17.9 Å². The number of fused-ring (bicyclic) bond motifs is 1. The first kappa shape index (κ1) is 14.6. The number of thiophene rings is 1. The van der Waals surface area contributed by atoms with E-state index in [1.165, 1.54) is 7.11 Å². The first-order valence-electron chi connectivity index (χ1n) is 7.30. The second-order valence-corrected chi connectivity index (χ2v) is 6.31. The number of ether oxygens (including phenoxy) is 1. The zero-order valence-electron chi connectivity index (χ0n) is 12.7. The van der Waals surface area contributed by atoms with Gasteiger partial charge in [-0.3, -0.25) is 9.89 Å². The first-order chi connectivity index (χ1) is 11.7. The minimum absolute atomic E-state index is 0.203. The molecule has 0 spiro atoms. The van der Waals surface area contributed by atoms with Gasteiger partial charge in [0, 0.05) is 5.56 Å². The van der Waals surface area contributed by atoms with E-state index in [4.69, 9.17) is 4.74 Å². The summed E-state index contributed by atoms with van der Waals surface area (Å²) in [5.41, 5.74) is 3.46. The third-order valence-corrected chi connectivity index (χ3v) is 4.90. The van der Waals surface area contributed by atoms with Crippen LogP contribution in [0.5, 0.6) is 0 Å². The molecular weight excluding hydrogens is 326 g/mol. The molecule has 3 heterocycles. The molecule has 6 nitrogen and oxygen atoms in total. The lowest BCUT2D eigenvalue weighted by Crippen LogP contribution is -2.21. The molecule has 0 bridgehead atoms. The highest BCUT2D eigenvalue weighted by Crippen LogP contribution is 2.38. The van der Waals surface area contributed by atoms with E-state index < -0.39 is 0 Å². The molecular formula is C17H13N3O3S. The Morgan fingerprint density at radius 1 is 1.25 bits per heavy atom. The van der Waals surface area contributed by atoms with Gasteiger partial charge in [0.1, 0.15) is 0 Å². The molecule has 4 rings (SSSR count). The van der Waals surface area contributed by atoms with Gasteiger partial charge in [-0.2, -0.15) is 5.10 Å². The minimum Gasteiger partial charge on any atom is -0.465 e. The molecule has 1 atom stereocenters. The van der Waals surface area contributed by atoms with Crippen LogP contribution in [-0.4, -0.2) is 29.2 Å². The Morgan fingerprint density at radius 3 is 2.71 bits per heavy atom. The van der Waals surface area contributed by atoms with Crippen LogP contribution in [0.4, 0.5) is 0 Å². The number of rotatable bonds is 3. The number of amides is 1. The average molecular weight is 339 g/mol. The maximum Gasteiger partial charge on any atom is 0.337 e. The predicted octanol–water partition coefficient (Wildman–Crippen LogP) is 2.76. The molecule has 24 heavy (non-hydrogen) atoms. The fourth-order valence-corrected chi connectivity index (χ4v) is 3.60. The number of benzene rings is 1. The van der Waals surface area contributed by atoms with Gasteiger partial charge in [0.2, 0.25) is 0 Å². The summed E-state index contributed by atoms with van der Waals surface area (Å²) in [5, 5.41) is 12.1. The van der Waals surface area contributed by atoms with Gasteiger partial charge in [0.25, 0.3) is 5.91 Å². The Kier molecular flexibility index (Phi) is 3.42. The van der Waals surface area contributed by atoms with Crippen molar-refractivity contribution in [3.8, 4) is 10.6 Å². The van der Waals surface area contributed by atoms with Crippen molar-refractivity contribution in [3.63, 3.8) is 0 Å². The third kappa shape index (κ3) is 2.21. The van der Waals surface area contributed by atoms with Gasteiger partial charge in [0.05, 0.1) is 29.3 Å². The summed E-state index contributed by atoms with van der Waals surface area (Å²) < 4.78 is 4.71. The summed E-state index contributed by atoms with van der Waals surface area (Å²) in [7, 11) is 1.35. The second kappa shape index (κ2) is 5.61. The highest BCUT2D eigenvalue weighted by molar-refractivity contribution is 7.13. The molecule has 0 aliphatic carbocycles. The zero-order chi connectivity index (χ0) is 16.7. The van der Waals surface area contributed by atoms with E-state index in [0.29, 0.717) is 11.3 Å². The quantitative estimate of drug-likeness (QED) is 0.719. The van der Waals surface area contributed by atoms with Crippen molar-refractivity contribution < 1.29 is 14.3 Å². The molecule has 1 aromatic carbocycles. The van der Waals surface area contributed by atoms with Crippen LogP contribution in [0.15, 0.2) is 41.8 Å². The zero-order valence-corrected chi connectivity index (χ0v) is 13.5. The van der Waals surface area contributed by atoms with Crippen molar-refractivity contribution in [1.29, 1.82) is 0 Å². The van der Waals surface area contributed by atoms with Crippen LogP contribution in [0, 0.1) is 0 Å². The van der Waals surface area contributed by atoms with Crippen molar-refractivity contribution in [3.05, 3.63) is 64.2 Å². The van der Waals surface area contributed by atoms with E-state index in [1.807, 2.05) is 29.6 Å². The second-order valence-electron chi connectivity index (χ2n) is 5.36. The van der Waals surface area contributed by atoms with Crippen molar-refractivity contribution in [2.24, 2.45) is 0 Å². The van der Waals surface area contributed by atoms with Gasteiger partial charge in [-0.1, -0.05) is 18.2 Å². The molecule has 1 aliphatic rings. The molecule has 7 heteroatoms. The highest BCUT2D eigenvalue weighted by Gasteiger charge is 2.35. The van der Waals surface area contributed by atoms with Crippen molar-refractivity contribution in [2.75, 3.05) is 7.11 Å². The Labute approximate surface area is 141 Å². The number of hydrogen-bond acceptors (Lipinski definition) is 5. The number of esters is 1. The Hall–Kier alpha value is -2.93. The van der Waals surface area contributed by atoms with Gasteiger partial charge in [-0.15, -0.1) is 11.3 Å². The average Bonchev–Trinajstić information content (AvgIpc) is 3.32. The number of aromatic amines is 1. The molecule has 120 valence electrons. The smallest absolute Gasteiger partial charge is 0.337 e. The summed E-state index contributed by atoms with van der Waals surface area (Å²) in [5.74, 6) is -0.591. The fraction of sp³-hybridized carbons (Fsp3) is 0.118. The fourth-order valence-electron chi connectivity index (χ4n) is 2.86. The van der Waals surface area contributed by atoms with Crippen LogP contribution in [-0.2, 0) is 4.74 Å². The lowest BCUT2D eigenvalue weighted by molar-refractivity contribution is 0.0600. The highest BCUT2D eigenvalue weighted by atomic mass is 32.1. The Balaban J connectivity index is 1.76. The van der Waals surface area contributed by atoms with E-state index >= 15 is 0 Å². The SMILES string of the molecule is COC(=O)c1ccc([C@H]2NC(=O)c3n[nH]c(-c4cccs4)c32)cc1. The maximum absolute atomic E-state index is 12.2. The molecule has 0 radical (unpaired) electrons. The molecule has 0 unspecified atom stereocenters. The number of nitrogens with zero attached hydrogens (tertiary/aromatic N) is 1. The number of hydrogen-bond donors (Lipinski definition) is 2. The summed E-state index contributed by atoms with van der Waals surface area (Å²) >= 11 is 1.58. The van der Waals surface area contributed by atoms with Crippen LogP contribution in [0.3, 0.4) is 0 Å². The minimum atomic E-state index is -0.389. The summed E-state index contributed by atoms with van der Waals surface area (Å²) in [6.07, 6.45) is 0. The van der Waals surface area contributed by atoms with Crippen molar-refractivity contribution in [1.82, 2.24) is 15.5 Å². The monoisotopic (exact) mass is 339 g/mol. The third-order valence-electron chi connectivity index (χ3n) is 4.02. The van der Waals surface area contributed by atoms with Gasteiger partial charge < -0.3 is 10.1 Å². The molecule has 0 saturated carbocycles. The van der Waals surface area contributed by atoms with E-state index in [1.54, 1.807) is 23.5 Å². The van der Waals surface area contributed by atoms with Gasteiger partial charge in [-0.05, 0) is 29.1 Å². The number of carbonyl (C=O) groups excluding carboxylic acids is 2. The van der Waals surface area contributed by atoms with E-state index in [0.717, 1.165) is 21.7 Å². The lowest BCUT2D eigenvalue weighted by atomic mass is 9.98. The number of H-pyrrole nitrogens is 1. The number of nitrogens with one attached hydrogen (secondary N) is 2. The summed E-state index contributed by atoms with van der Waals surface area (Å²) in [6.45, 7) is 0. The Bertz CT molecular complexity index is 913. The molecule has 1 amide bonds. The van der Waals surface area contributed by atoms with Gasteiger partial charge >= 0.3 is 5.97 Å². The normalized spacial score (nSPS) is 15.9. The van der Waals surface area contributed by atoms with E-state index in [9.17, 15) is 9.59 Å². The maximum atomic E-state index is 12.2. The summed E-state index contributed by atoms with van der Waals surface area (Å²) in [6, 6.07) is 10.7. The van der Waals surface area contributed by atoms with Crippen LogP contribution < -0.4 is 5.32 Å². The predicted molar refractivity (Wildman–Crippen MR) is 89.0 cm³/mol. The summed E-state index contributed by atoms with van der Waals surface area (Å²) in [4.78, 5) is 24.8. The number of aromatic nitrogens is 2. The number of methoxy groups -OCH3 is 1. The standard InChI is InChI=1S/C17H13N3O3S/c1-23-17(22)10-6-4-9(5-7-10)13-12-14(11-3-2-8-24-11)19-20-15(12)16(21)18-13/h2-8,13H,1H3,(H,18,21)(H,19,20)/t13-/m1/s1. The van der Waals surface area contributed by atoms with E-state index in [2.05, 4.69) is 15.5 Å². The van der Waals surface area contributed by atoms with Gasteiger partial charge in [0.15, 0.2) is 5.69 Å². The number of carbonyl (C=O) groups is 2. The molecule has 3 aromatic rings. The van der Waals surface area contributed by atoms with Crippen molar-refractivity contribution in [2.45, 2.75) is 6.04 Å². The van der Waals surface area contributed by atoms with Gasteiger partial charge in [-0.25, -0.2) is 4.79 Å². The van der Waals surface area contributed by atoms with Crippen LogP contribution in [0.25, 0.3) is 10.6 Å². The molecule has 0 fully saturated rings. The Morgan fingerprint density at radius 2 is 2.04 bits per heavy atom.